The summed E-state index contributed by atoms with van der Waals surface area (Å²) in [5.41, 5.74) is 4.07. The van der Waals surface area contributed by atoms with Gasteiger partial charge in [0, 0.05) is 58.5 Å². The third-order valence-electron chi connectivity index (χ3n) is 6.10. The molecular formula is C28H24BrFN4O2S2. The molecule has 10 heteroatoms. The van der Waals surface area contributed by atoms with Gasteiger partial charge in [0.2, 0.25) is 5.91 Å². The van der Waals surface area contributed by atoms with Crippen molar-refractivity contribution in [2.24, 2.45) is 0 Å². The standard InChI is InChI=1S/C28H24BrFN4O2S2/c29-21-6-4-19(5-7-21)25-17-37-28(32-25)38-18-26(35)31-23-8-10-24(11-9-23)33-12-14-34(15-13-33)27(36)20-2-1-3-22(30)16-20/h1-11,16-17H,12-15,18H2,(H,31,35). The zero-order valence-electron chi connectivity index (χ0n) is 20.3. The van der Waals surface area contributed by atoms with E-state index >= 15 is 0 Å². The molecule has 0 aliphatic carbocycles. The first-order chi connectivity index (χ1) is 18.4. The van der Waals surface area contributed by atoms with E-state index in [-0.39, 0.29) is 17.6 Å². The van der Waals surface area contributed by atoms with Crippen molar-refractivity contribution in [3.63, 3.8) is 0 Å². The number of hydrogen-bond acceptors (Lipinski definition) is 6. The van der Waals surface area contributed by atoms with Crippen LogP contribution in [0.2, 0.25) is 0 Å². The highest BCUT2D eigenvalue weighted by molar-refractivity contribution is 9.10. The summed E-state index contributed by atoms with van der Waals surface area (Å²) in [5, 5.41) is 4.94. The number of thioether (sulfide) groups is 1. The smallest absolute Gasteiger partial charge is 0.254 e. The van der Waals surface area contributed by atoms with Crippen LogP contribution in [0.25, 0.3) is 11.3 Å². The normalized spacial score (nSPS) is 13.4. The van der Waals surface area contributed by atoms with Crippen LogP contribution in [-0.4, -0.2) is 53.6 Å². The summed E-state index contributed by atoms with van der Waals surface area (Å²) in [7, 11) is 0. The Morgan fingerprint density at radius 1 is 1.00 bits per heavy atom. The van der Waals surface area contributed by atoms with Crippen molar-refractivity contribution in [2.75, 3.05) is 42.1 Å². The predicted octanol–water partition coefficient (Wildman–Crippen LogP) is 6.40. The number of amides is 2. The number of hydrogen-bond donors (Lipinski definition) is 1. The van der Waals surface area contributed by atoms with Gasteiger partial charge in [-0.1, -0.05) is 45.9 Å². The average Bonchev–Trinajstić information content (AvgIpc) is 3.42. The monoisotopic (exact) mass is 610 g/mol. The Kier molecular flexibility index (Phi) is 8.41. The quantitative estimate of drug-likeness (QED) is 0.245. The minimum absolute atomic E-state index is 0.0902. The van der Waals surface area contributed by atoms with Crippen molar-refractivity contribution in [2.45, 2.75) is 4.34 Å². The van der Waals surface area contributed by atoms with E-state index in [1.165, 1.54) is 35.2 Å². The van der Waals surface area contributed by atoms with Crippen LogP contribution in [-0.2, 0) is 4.79 Å². The lowest BCUT2D eigenvalue weighted by Crippen LogP contribution is -2.48. The van der Waals surface area contributed by atoms with Crippen LogP contribution in [0.15, 0.2) is 87.0 Å². The van der Waals surface area contributed by atoms with Crippen LogP contribution in [0.3, 0.4) is 0 Å². The van der Waals surface area contributed by atoms with Gasteiger partial charge in [-0.2, -0.15) is 0 Å². The Balaban J connectivity index is 1.09. The molecule has 5 rings (SSSR count). The fourth-order valence-electron chi connectivity index (χ4n) is 4.13. The Bertz CT molecular complexity index is 1420. The highest BCUT2D eigenvalue weighted by Gasteiger charge is 2.22. The van der Waals surface area contributed by atoms with E-state index in [2.05, 4.69) is 31.1 Å². The van der Waals surface area contributed by atoms with Gasteiger partial charge >= 0.3 is 0 Å². The minimum atomic E-state index is -0.408. The van der Waals surface area contributed by atoms with Crippen molar-refractivity contribution in [3.05, 3.63) is 94.0 Å². The molecule has 1 aliphatic rings. The zero-order valence-corrected chi connectivity index (χ0v) is 23.5. The summed E-state index contributed by atoms with van der Waals surface area (Å²) in [6.07, 6.45) is 0. The number of benzene rings is 3. The fourth-order valence-corrected chi connectivity index (χ4v) is 6.03. The molecule has 0 bridgehead atoms. The molecule has 0 atom stereocenters. The Morgan fingerprint density at radius 2 is 1.74 bits per heavy atom. The average molecular weight is 612 g/mol. The van der Waals surface area contributed by atoms with Crippen LogP contribution in [0, 0.1) is 5.82 Å². The van der Waals surface area contributed by atoms with Gasteiger partial charge in [-0.15, -0.1) is 11.3 Å². The van der Waals surface area contributed by atoms with Gasteiger partial charge in [-0.25, -0.2) is 9.37 Å². The number of nitrogens with one attached hydrogen (secondary N) is 1. The first kappa shape index (κ1) is 26.4. The van der Waals surface area contributed by atoms with Crippen molar-refractivity contribution in [3.8, 4) is 11.3 Å². The maximum absolute atomic E-state index is 13.5. The van der Waals surface area contributed by atoms with E-state index in [1.807, 2.05) is 53.9 Å². The summed E-state index contributed by atoms with van der Waals surface area (Å²) < 4.78 is 15.3. The van der Waals surface area contributed by atoms with E-state index in [0.29, 0.717) is 31.7 Å². The molecule has 2 heterocycles. The molecule has 0 radical (unpaired) electrons. The molecule has 1 aromatic heterocycles. The van der Waals surface area contributed by atoms with Crippen molar-refractivity contribution in [1.29, 1.82) is 0 Å². The molecule has 0 saturated carbocycles. The lowest BCUT2D eigenvalue weighted by Gasteiger charge is -2.36. The van der Waals surface area contributed by atoms with Crippen molar-refractivity contribution in [1.82, 2.24) is 9.88 Å². The molecule has 0 unspecified atom stereocenters. The van der Waals surface area contributed by atoms with Gasteiger partial charge in [0.1, 0.15) is 5.82 Å². The molecule has 6 nitrogen and oxygen atoms in total. The number of piperazine rings is 1. The molecule has 1 aliphatic heterocycles. The van der Waals surface area contributed by atoms with Crippen LogP contribution in [0.5, 0.6) is 0 Å². The molecule has 38 heavy (non-hydrogen) atoms. The number of thiazole rings is 1. The minimum Gasteiger partial charge on any atom is -0.368 e. The highest BCUT2D eigenvalue weighted by Crippen LogP contribution is 2.29. The lowest BCUT2D eigenvalue weighted by atomic mass is 10.1. The van der Waals surface area contributed by atoms with E-state index < -0.39 is 5.82 Å². The number of nitrogens with zero attached hydrogens (tertiary/aromatic N) is 3. The molecule has 1 N–H and O–H groups in total. The number of carbonyl (C=O) groups is 2. The summed E-state index contributed by atoms with van der Waals surface area (Å²) in [6, 6.07) is 21.5. The SMILES string of the molecule is O=C(CSc1nc(-c2ccc(Br)cc2)cs1)Nc1ccc(N2CCN(C(=O)c3cccc(F)c3)CC2)cc1. The van der Waals surface area contributed by atoms with Gasteiger partial charge < -0.3 is 15.1 Å². The molecule has 2 amide bonds. The number of aromatic nitrogens is 1. The highest BCUT2D eigenvalue weighted by atomic mass is 79.9. The Morgan fingerprint density at radius 3 is 2.45 bits per heavy atom. The second-order valence-electron chi connectivity index (χ2n) is 8.68. The second-order valence-corrected chi connectivity index (χ2v) is 11.7. The Labute approximate surface area is 237 Å². The maximum Gasteiger partial charge on any atom is 0.254 e. The van der Waals surface area contributed by atoms with Crippen LogP contribution in [0.4, 0.5) is 15.8 Å². The molecule has 0 spiro atoms. The van der Waals surface area contributed by atoms with Gasteiger partial charge in [0.15, 0.2) is 4.34 Å². The molecule has 194 valence electrons. The molecule has 4 aromatic rings. The fraction of sp³-hybridized carbons (Fsp3) is 0.179. The summed E-state index contributed by atoms with van der Waals surface area (Å²) >= 11 is 6.39. The molecule has 1 fully saturated rings. The summed E-state index contributed by atoms with van der Waals surface area (Å²) in [6.45, 7) is 2.48. The topological polar surface area (TPSA) is 65.5 Å². The van der Waals surface area contributed by atoms with Crippen LogP contribution in [0.1, 0.15) is 10.4 Å². The number of halogens is 2. The third kappa shape index (κ3) is 6.61. The van der Waals surface area contributed by atoms with E-state index in [0.717, 1.165) is 31.4 Å². The van der Waals surface area contributed by atoms with Crippen LogP contribution >= 0.6 is 39.0 Å². The predicted molar refractivity (Wildman–Crippen MR) is 156 cm³/mol. The number of carbonyl (C=O) groups excluding carboxylic acids is 2. The van der Waals surface area contributed by atoms with E-state index in [9.17, 15) is 14.0 Å². The summed E-state index contributed by atoms with van der Waals surface area (Å²) in [5.74, 6) is -0.375. The molecule has 1 saturated heterocycles. The van der Waals surface area contributed by atoms with Gasteiger partial charge in [0.05, 0.1) is 11.4 Å². The first-order valence-electron chi connectivity index (χ1n) is 12.0. The van der Waals surface area contributed by atoms with E-state index in [4.69, 9.17) is 0 Å². The van der Waals surface area contributed by atoms with Gasteiger partial charge in [0.25, 0.3) is 5.91 Å². The van der Waals surface area contributed by atoms with Gasteiger partial charge in [-0.3, -0.25) is 9.59 Å². The summed E-state index contributed by atoms with van der Waals surface area (Å²) in [4.78, 5) is 33.7. The Hall–Kier alpha value is -3.21. The lowest BCUT2D eigenvalue weighted by molar-refractivity contribution is -0.113. The first-order valence-corrected chi connectivity index (χ1v) is 14.6. The van der Waals surface area contributed by atoms with Crippen molar-refractivity contribution < 1.29 is 14.0 Å². The zero-order chi connectivity index (χ0) is 26.5. The maximum atomic E-state index is 13.5. The second kappa shape index (κ2) is 12.1. The van der Waals surface area contributed by atoms with Crippen molar-refractivity contribution >= 4 is 62.2 Å². The largest absolute Gasteiger partial charge is 0.368 e. The third-order valence-corrected chi connectivity index (χ3v) is 8.65. The van der Waals surface area contributed by atoms with Gasteiger partial charge in [-0.05, 0) is 54.6 Å². The number of anilines is 2. The van der Waals surface area contributed by atoms with Crippen LogP contribution < -0.4 is 10.2 Å². The molecule has 3 aromatic carbocycles. The number of rotatable bonds is 7. The molecular weight excluding hydrogens is 587 g/mol. The van der Waals surface area contributed by atoms with E-state index in [1.54, 1.807) is 17.0 Å².